The lowest BCUT2D eigenvalue weighted by atomic mass is 9.63. The van der Waals surface area contributed by atoms with E-state index in [2.05, 4.69) is 55.4 Å². The fraction of sp³-hybridized carbons (Fsp3) is 1.00. The van der Waals surface area contributed by atoms with Crippen LogP contribution in [0.15, 0.2) is 0 Å². The second-order valence-corrected chi connectivity index (χ2v) is 18.5. The molecule has 0 heterocycles. The zero-order valence-electron chi connectivity index (χ0n) is 29.5. The van der Waals surface area contributed by atoms with E-state index >= 15 is 0 Å². The third-order valence-corrected chi connectivity index (χ3v) is 12.0. The van der Waals surface area contributed by atoms with Gasteiger partial charge in [0.1, 0.15) is 0 Å². The van der Waals surface area contributed by atoms with Gasteiger partial charge in [-0.25, -0.2) is 0 Å². The molecule has 5 unspecified atom stereocenters. The Bertz CT molecular complexity index is 650. The predicted molar refractivity (Wildman–Crippen MR) is 180 cm³/mol. The molecule has 7 fully saturated rings. The van der Waals surface area contributed by atoms with Crippen molar-refractivity contribution in [2.45, 2.75) is 185 Å². The van der Waals surface area contributed by atoms with Gasteiger partial charge in [-0.3, -0.25) is 0 Å². The summed E-state index contributed by atoms with van der Waals surface area (Å²) in [4.78, 5) is 0. The average molecular weight is 557 g/mol. The van der Waals surface area contributed by atoms with Crippen LogP contribution in [0.1, 0.15) is 185 Å². The predicted octanol–water partition coefficient (Wildman–Crippen LogP) is 13.4. The summed E-state index contributed by atoms with van der Waals surface area (Å²) in [6.07, 6.45) is 27.7. The highest BCUT2D eigenvalue weighted by molar-refractivity contribution is 4.91. The first-order valence-corrected chi connectivity index (χ1v) is 18.8. The standard InChI is InChI=1S/2C13H24.C12H22.C2H6/c1-13(2,3)9-12-7-10-4-5-11(6-10)8-12;1-13(2,3)9-12-10-5-4-6-11(12)8-7-10;1-9(2)7-12-8-10-3-5-11(12)6-4-10;1-2/h2*10-12H,4-9H2,1-3H3;9-12H,3-8H2,1-2H3;1-2H3. The second kappa shape index (κ2) is 15.6. The maximum Gasteiger partial charge on any atom is -0.0352 e. The van der Waals surface area contributed by atoms with Gasteiger partial charge in [0, 0.05) is 0 Å². The molecule has 40 heavy (non-hydrogen) atoms. The third kappa shape index (κ3) is 11.3. The van der Waals surface area contributed by atoms with Crippen molar-refractivity contribution in [3.63, 3.8) is 0 Å². The number of hydrogen-bond acceptors (Lipinski definition) is 0. The molecule has 0 aliphatic heterocycles. The van der Waals surface area contributed by atoms with Crippen LogP contribution in [0.3, 0.4) is 0 Å². The highest BCUT2D eigenvalue weighted by Crippen LogP contribution is 2.51. The highest BCUT2D eigenvalue weighted by Gasteiger charge is 2.40. The van der Waals surface area contributed by atoms with Crippen LogP contribution < -0.4 is 0 Å². The Morgan fingerprint density at radius 2 is 1.00 bits per heavy atom. The van der Waals surface area contributed by atoms with E-state index in [0.717, 1.165) is 59.2 Å². The largest absolute Gasteiger partial charge is 0.0683 e. The first kappa shape index (κ1) is 34.5. The van der Waals surface area contributed by atoms with Crippen molar-refractivity contribution in [2.75, 3.05) is 0 Å². The molecule has 0 aromatic carbocycles. The van der Waals surface area contributed by atoms with E-state index in [1.165, 1.54) is 38.5 Å². The molecule has 0 N–H and O–H groups in total. The van der Waals surface area contributed by atoms with Crippen LogP contribution in [0.2, 0.25) is 0 Å². The van der Waals surface area contributed by atoms with Gasteiger partial charge in [-0.15, -0.1) is 0 Å². The normalized spacial score (nSPS) is 38.0. The maximum atomic E-state index is 2.40. The summed E-state index contributed by atoms with van der Waals surface area (Å²) >= 11 is 0. The molecule has 7 rings (SSSR count). The van der Waals surface area contributed by atoms with Crippen molar-refractivity contribution < 1.29 is 0 Å². The highest BCUT2D eigenvalue weighted by atomic mass is 14.5. The lowest BCUT2D eigenvalue weighted by molar-refractivity contribution is 0.0842. The summed E-state index contributed by atoms with van der Waals surface area (Å²) in [7, 11) is 0. The van der Waals surface area contributed by atoms with Crippen molar-refractivity contribution in [2.24, 2.45) is 70.0 Å². The maximum absolute atomic E-state index is 2.40. The van der Waals surface area contributed by atoms with E-state index in [0.29, 0.717) is 10.8 Å². The Kier molecular flexibility index (Phi) is 13.5. The quantitative estimate of drug-likeness (QED) is 0.323. The average Bonchev–Trinajstić information content (AvgIpc) is 3.30. The van der Waals surface area contributed by atoms with E-state index in [1.54, 1.807) is 77.0 Å². The molecule has 0 saturated heterocycles. The van der Waals surface area contributed by atoms with E-state index in [1.807, 2.05) is 13.8 Å². The summed E-state index contributed by atoms with van der Waals surface area (Å²) in [6, 6.07) is 0. The Morgan fingerprint density at radius 1 is 0.525 bits per heavy atom. The topological polar surface area (TPSA) is 0 Å². The second-order valence-electron chi connectivity index (χ2n) is 18.5. The van der Waals surface area contributed by atoms with Gasteiger partial charge in [0.05, 0.1) is 0 Å². The number of fused-ring (bicyclic) bond motifs is 7. The Hall–Kier alpha value is 0. The van der Waals surface area contributed by atoms with Gasteiger partial charge >= 0.3 is 0 Å². The molecule has 0 nitrogen and oxygen atoms in total. The molecular formula is C40H76. The van der Waals surface area contributed by atoms with Gasteiger partial charge < -0.3 is 0 Å². The molecule has 0 spiro atoms. The van der Waals surface area contributed by atoms with Crippen LogP contribution in [0.5, 0.6) is 0 Å². The Labute approximate surface area is 254 Å². The monoisotopic (exact) mass is 557 g/mol. The molecule has 6 bridgehead atoms. The van der Waals surface area contributed by atoms with Gasteiger partial charge in [-0.1, -0.05) is 114 Å². The molecule has 0 heteroatoms. The molecular weight excluding hydrogens is 480 g/mol. The molecule has 7 aliphatic carbocycles. The molecule has 0 amide bonds. The lowest BCUT2D eigenvalue weighted by Crippen LogP contribution is -2.31. The molecule has 0 aromatic heterocycles. The van der Waals surface area contributed by atoms with E-state index < -0.39 is 0 Å². The Morgan fingerprint density at radius 3 is 1.43 bits per heavy atom. The minimum atomic E-state index is 0.557. The van der Waals surface area contributed by atoms with Crippen LogP contribution in [0.25, 0.3) is 0 Å². The summed E-state index contributed by atoms with van der Waals surface area (Å²) in [5.41, 5.74) is 1.12. The van der Waals surface area contributed by atoms with Crippen LogP contribution in [-0.4, -0.2) is 0 Å². The van der Waals surface area contributed by atoms with E-state index in [9.17, 15) is 0 Å². The SMILES string of the molecule is CC.CC(C)(C)CC1C2CCCC1CC2.CC(C)(C)CC1CC2CCC(C2)C1.CC(C)CC1CC2CCC1CC2. The Balaban J connectivity index is 0.000000160. The van der Waals surface area contributed by atoms with Crippen LogP contribution in [-0.2, 0) is 0 Å². The van der Waals surface area contributed by atoms with Crippen LogP contribution in [0, 0.1) is 70.0 Å². The molecule has 0 aromatic rings. The van der Waals surface area contributed by atoms with Gasteiger partial charge in [-0.05, 0) is 141 Å². The van der Waals surface area contributed by atoms with Gasteiger partial charge in [-0.2, -0.15) is 0 Å². The van der Waals surface area contributed by atoms with Crippen LogP contribution >= 0.6 is 0 Å². The van der Waals surface area contributed by atoms with E-state index in [-0.39, 0.29) is 0 Å². The van der Waals surface area contributed by atoms with Crippen molar-refractivity contribution >= 4 is 0 Å². The third-order valence-electron chi connectivity index (χ3n) is 12.0. The molecule has 236 valence electrons. The van der Waals surface area contributed by atoms with Gasteiger partial charge in [0.2, 0.25) is 0 Å². The molecule has 0 radical (unpaired) electrons. The van der Waals surface area contributed by atoms with Crippen LogP contribution in [0.4, 0.5) is 0 Å². The number of rotatable bonds is 4. The van der Waals surface area contributed by atoms with Crippen molar-refractivity contribution in [1.29, 1.82) is 0 Å². The van der Waals surface area contributed by atoms with Crippen molar-refractivity contribution in [3.8, 4) is 0 Å². The smallest absolute Gasteiger partial charge is 0.0352 e. The molecule has 5 atom stereocenters. The minimum absolute atomic E-state index is 0.557. The zero-order valence-corrected chi connectivity index (χ0v) is 29.5. The number of hydrogen-bond donors (Lipinski definition) is 0. The first-order chi connectivity index (χ1) is 18.8. The van der Waals surface area contributed by atoms with E-state index in [4.69, 9.17) is 0 Å². The first-order valence-electron chi connectivity index (χ1n) is 18.8. The van der Waals surface area contributed by atoms with Gasteiger partial charge in [0.15, 0.2) is 0 Å². The van der Waals surface area contributed by atoms with Crippen molar-refractivity contribution in [3.05, 3.63) is 0 Å². The fourth-order valence-corrected chi connectivity index (χ4v) is 10.7. The summed E-state index contributed by atoms with van der Waals surface area (Å²) in [5, 5.41) is 0. The minimum Gasteiger partial charge on any atom is -0.0683 e. The summed E-state index contributed by atoms with van der Waals surface area (Å²) in [6.45, 7) is 23.1. The summed E-state index contributed by atoms with van der Waals surface area (Å²) < 4.78 is 0. The molecule has 7 aliphatic rings. The van der Waals surface area contributed by atoms with Gasteiger partial charge in [0.25, 0.3) is 0 Å². The lowest BCUT2D eigenvalue weighted by Gasteiger charge is -2.43. The zero-order chi connectivity index (χ0) is 29.5. The summed E-state index contributed by atoms with van der Waals surface area (Å²) in [5.74, 6) is 10.9. The molecule has 7 saturated carbocycles. The van der Waals surface area contributed by atoms with Crippen molar-refractivity contribution in [1.82, 2.24) is 0 Å². The fourth-order valence-electron chi connectivity index (χ4n) is 10.7.